The number of ether oxygens (including phenoxy) is 1. The molecule has 5 nitrogen and oxygen atoms in total. The Labute approximate surface area is 239 Å². The van der Waals surface area contributed by atoms with Gasteiger partial charge in [0.25, 0.3) is 5.91 Å². The average molecular weight is 588 g/mol. The number of aryl methyl sites for hydroxylation is 1. The molecule has 0 radical (unpaired) electrons. The lowest BCUT2D eigenvalue weighted by molar-refractivity contribution is -0.143. The normalized spacial score (nSPS) is 12.5. The third-order valence-electron chi connectivity index (χ3n) is 6.89. The summed E-state index contributed by atoms with van der Waals surface area (Å²) >= 11 is 3.65. The number of benzene rings is 4. The molecule has 0 unspecified atom stereocenters. The number of hydrogen-bond donors (Lipinski definition) is 1. The minimum atomic E-state index is -0.696. The molecular formula is C33H35BrN2O3. The molecule has 4 aromatic carbocycles. The fourth-order valence-corrected chi connectivity index (χ4v) is 5.16. The molecule has 6 heteroatoms. The molecule has 0 aromatic heterocycles. The van der Waals surface area contributed by atoms with Crippen LogP contribution in [0.1, 0.15) is 37.0 Å². The second-order valence-corrected chi connectivity index (χ2v) is 10.7. The largest absolute Gasteiger partial charge is 0.483 e. The first kappa shape index (κ1) is 28.4. The van der Waals surface area contributed by atoms with Gasteiger partial charge in [-0.15, -0.1) is 0 Å². The first-order valence-corrected chi connectivity index (χ1v) is 14.1. The number of nitrogens with one attached hydrogen (secondary N) is 1. The first-order valence-electron chi connectivity index (χ1n) is 13.3. The summed E-state index contributed by atoms with van der Waals surface area (Å²) in [5.74, 6) is 0.166. The van der Waals surface area contributed by atoms with Crippen molar-refractivity contribution in [3.63, 3.8) is 0 Å². The maximum Gasteiger partial charge on any atom is 0.261 e. The number of rotatable bonds is 11. The van der Waals surface area contributed by atoms with Crippen molar-refractivity contribution < 1.29 is 14.3 Å². The van der Waals surface area contributed by atoms with E-state index in [-0.39, 0.29) is 24.5 Å². The molecular weight excluding hydrogens is 552 g/mol. The molecule has 4 rings (SSSR count). The molecule has 4 aromatic rings. The van der Waals surface area contributed by atoms with Crippen LogP contribution in [-0.4, -0.2) is 35.4 Å². The molecule has 0 saturated carbocycles. The molecule has 0 saturated heterocycles. The maximum absolute atomic E-state index is 13.9. The Morgan fingerprint density at radius 2 is 1.64 bits per heavy atom. The van der Waals surface area contributed by atoms with Crippen molar-refractivity contribution in [2.75, 3.05) is 6.61 Å². The zero-order valence-corrected chi connectivity index (χ0v) is 24.3. The molecule has 1 N–H and O–H groups in total. The van der Waals surface area contributed by atoms with Gasteiger partial charge in [-0.25, -0.2) is 0 Å². The average Bonchev–Trinajstić information content (AvgIpc) is 2.95. The van der Waals surface area contributed by atoms with E-state index < -0.39 is 6.04 Å². The van der Waals surface area contributed by atoms with Crippen molar-refractivity contribution in [1.82, 2.24) is 10.2 Å². The lowest BCUT2D eigenvalue weighted by Crippen LogP contribution is -2.53. The first-order chi connectivity index (χ1) is 18.9. The number of carbonyl (C=O) groups excluding carboxylic acids is 2. The lowest BCUT2D eigenvalue weighted by Gasteiger charge is -2.32. The molecule has 39 heavy (non-hydrogen) atoms. The molecule has 0 aliphatic heterocycles. The number of fused-ring (bicyclic) bond motifs is 1. The van der Waals surface area contributed by atoms with Crippen molar-refractivity contribution in [3.05, 3.63) is 112 Å². The summed E-state index contributed by atoms with van der Waals surface area (Å²) in [6.07, 6.45) is 1.20. The Morgan fingerprint density at radius 1 is 0.923 bits per heavy atom. The van der Waals surface area contributed by atoms with Crippen molar-refractivity contribution in [1.29, 1.82) is 0 Å². The van der Waals surface area contributed by atoms with Crippen LogP contribution in [0.15, 0.2) is 95.5 Å². The van der Waals surface area contributed by atoms with Crippen LogP contribution in [0.25, 0.3) is 10.8 Å². The topological polar surface area (TPSA) is 58.6 Å². The van der Waals surface area contributed by atoms with E-state index in [9.17, 15) is 9.59 Å². The number of carbonyl (C=O) groups is 2. The summed E-state index contributed by atoms with van der Waals surface area (Å²) in [7, 11) is 0. The molecule has 0 spiro atoms. The molecule has 0 fully saturated rings. The van der Waals surface area contributed by atoms with E-state index in [4.69, 9.17) is 4.74 Å². The Morgan fingerprint density at radius 3 is 2.38 bits per heavy atom. The van der Waals surface area contributed by atoms with Gasteiger partial charge in [-0.05, 0) is 64.2 Å². The van der Waals surface area contributed by atoms with Crippen molar-refractivity contribution in [2.24, 2.45) is 0 Å². The van der Waals surface area contributed by atoms with Crippen LogP contribution >= 0.6 is 15.9 Å². The Balaban J connectivity index is 1.64. The van der Waals surface area contributed by atoms with Gasteiger partial charge >= 0.3 is 0 Å². The predicted octanol–water partition coefficient (Wildman–Crippen LogP) is 6.84. The van der Waals surface area contributed by atoms with E-state index in [1.165, 1.54) is 0 Å². The van der Waals surface area contributed by atoms with Crippen LogP contribution in [-0.2, 0) is 22.6 Å². The summed E-state index contributed by atoms with van der Waals surface area (Å²) in [5.41, 5.74) is 3.05. The van der Waals surface area contributed by atoms with E-state index in [2.05, 4.69) is 21.2 Å². The smallest absolute Gasteiger partial charge is 0.261 e. The van der Waals surface area contributed by atoms with Gasteiger partial charge in [-0.3, -0.25) is 9.59 Å². The van der Waals surface area contributed by atoms with Crippen LogP contribution < -0.4 is 10.1 Å². The number of nitrogens with zero attached hydrogens (tertiary/aromatic N) is 1. The van der Waals surface area contributed by atoms with Gasteiger partial charge in [0.1, 0.15) is 11.8 Å². The highest BCUT2D eigenvalue weighted by molar-refractivity contribution is 9.10. The number of halogens is 1. The Bertz CT molecular complexity index is 1420. The van der Waals surface area contributed by atoms with Crippen LogP contribution in [0.4, 0.5) is 0 Å². The molecule has 0 bridgehead atoms. The maximum atomic E-state index is 13.9. The van der Waals surface area contributed by atoms with Crippen LogP contribution in [0.3, 0.4) is 0 Å². The zero-order valence-electron chi connectivity index (χ0n) is 22.7. The van der Waals surface area contributed by atoms with Crippen molar-refractivity contribution >= 4 is 38.5 Å². The summed E-state index contributed by atoms with van der Waals surface area (Å²) in [5, 5.41) is 5.19. The number of hydrogen-bond acceptors (Lipinski definition) is 3. The van der Waals surface area contributed by atoms with Crippen LogP contribution in [0, 0.1) is 6.92 Å². The molecule has 0 aliphatic rings. The van der Waals surface area contributed by atoms with E-state index >= 15 is 0 Å². The van der Waals surface area contributed by atoms with Crippen LogP contribution in [0.2, 0.25) is 0 Å². The SMILES string of the molecule is CC[C@H](C)NC(=O)[C@H](Cc1ccccc1)N(Cc1cccc(C)c1)C(=O)COc1ccc2ccccc2c1Br. The van der Waals surface area contributed by atoms with Crippen molar-refractivity contribution in [2.45, 2.75) is 52.2 Å². The summed E-state index contributed by atoms with van der Waals surface area (Å²) in [6.45, 7) is 6.14. The van der Waals surface area contributed by atoms with Crippen LogP contribution in [0.5, 0.6) is 5.75 Å². The van der Waals surface area contributed by atoms with Gasteiger partial charge in [0.05, 0.1) is 4.47 Å². The highest BCUT2D eigenvalue weighted by Gasteiger charge is 2.31. The van der Waals surface area contributed by atoms with Crippen molar-refractivity contribution in [3.8, 4) is 5.75 Å². The van der Waals surface area contributed by atoms with Gasteiger partial charge in [0.2, 0.25) is 5.91 Å². The zero-order chi connectivity index (χ0) is 27.8. The Kier molecular flexibility index (Phi) is 9.77. The van der Waals surface area contributed by atoms with E-state index in [0.717, 1.165) is 38.4 Å². The van der Waals surface area contributed by atoms with Gasteiger partial charge in [0.15, 0.2) is 6.61 Å². The molecule has 202 valence electrons. The second kappa shape index (κ2) is 13.4. The van der Waals surface area contributed by atoms with Gasteiger partial charge in [0, 0.05) is 19.0 Å². The summed E-state index contributed by atoms with van der Waals surface area (Å²) < 4.78 is 6.86. The van der Waals surface area contributed by atoms with E-state index in [1.807, 2.05) is 112 Å². The minimum absolute atomic E-state index is 0.00324. The molecule has 2 atom stereocenters. The fraction of sp³-hybridized carbons (Fsp3) is 0.273. The highest BCUT2D eigenvalue weighted by atomic mass is 79.9. The van der Waals surface area contributed by atoms with E-state index in [0.29, 0.717) is 18.7 Å². The molecule has 0 aliphatic carbocycles. The fourth-order valence-electron chi connectivity index (χ4n) is 4.55. The standard InChI is InChI=1S/C33H35BrN2O3/c1-4-24(3)35-33(38)29(20-25-12-6-5-7-13-25)36(21-26-14-10-11-23(2)19-26)31(37)22-39-30-18-17-27-15-8-9-16-28(27)32(30)34/h5-19,24,29H,4,20-22H2,1-3H3,(H,35,38)/t24-,29-/m0/s1. The van der Waals surface area contributed by atoms with Gasteiger partial charge < -0.3 is 15.0 Å². The van der Waals surface area contributed by atoms with E-state index in [1.54, 1.807) is 4.90 Å². The summed E-state index contributed by atoms with van der Waals surface area (Å²) in [4.78, 5) is 29.2. The molecule has 2 amide bonds. The highest BCUT2D eigenvalue weighted by Crippen LogP contribution is 2.33. The minimum Gasteiger partial charge on any atom is -0.483 e. The third kappa shape index (κ3) is 7.48. The predicted molar refractivity (Wildman–Crippen MR) is 161 cm³/mol. The summed E-state index contributed by atoms with van der Waals surface area (Å²) in [6, 6.07) is 29.0. The second-order valence-electron chi connectivity index (χ2n) is 9.92. The van der Waals surface area contributed by atoms with Gasteiger partial charge in [-0.1, -0.05) is 97.4 Å². The lowest BCUT2D eigenvalue weighted by atomic mass is 10.0. The third-order valence-corrected chi connectivity index (χ3v) is 7.70. The number of amides is 2. The Hall–Kier alpha value is -3.64. The quantitative estimate of drug-likeness (QED) is 0.209. The molecule has 0 heterocycles. The van der Waals surface area contributed by atoms with Gasteiger partial charge in [-0.2, -0.15) is 0 Å². The monoisotopic (exact) mass is 586 g/mol.